The van der Waals surface area contributed by atoms with E-state index in [9.17, 15) is 0 Å². The first-order chi connectivity index (χ1) is 10.3. The van der Waals surface area contributed by atoms with Gasteiger partial charge in [0.1, 0.15) is 12.1 Å². The molecule has 3 N–H and O–H groups in total. The fourth-order valence-electron chi connectivity index (χ4n) is 1.70. The zero-order valence-electron chi connectivity index (χ0n) is 11.0. The van der Waals surface area contributed by atoms with Crippen LogP contribution in [0.1, 0.15) is 5.56 Å². The summed E-state index contributed by atoms with van der Waals surface area (Å²) in [6.07, 6.45) is 4.98. The van der Waals surface area contributed by atoms with E-state index in [4.69, 9.17) is 5.73 Å². The molecule has 0 saturated heterocycles. The van der Waals surface area contributed by atoms with Gasteiger partial charge in [0.2, 0.25) is 5.13 Å². The van der Waals surface area contributed by atoms with Crippen LogP contribution in [0.15, 0.2) is 53.3 Å². The van der Waals surface area contributed by atoms with Gasteiger partial charge in [0, 0.05) is 17.1 Å². The summed E-state index contributed by atoms with van der Waals surface area (Å²) >= 11 is 1.41. The highest BCUT2D eigenvalue weighted by Gasteiger charge is 1.98. The Kier molecular flexibility index (Phi) is 3.83. The quantitative estimate of drug-likeness (QED) is 0.570. The van der Waals surface area contributed by atoms with Gasteiger partial charge in [-0.1, -0.05) is 24.3 Å². The molecule has 2 heterocycles. The minimum atomic E-state index is 0.493. The van der Waals surface area contributed by atoms with E-state index in [1.165, 1.54) is 17.7 Å². The van der Waals surface area contributed by atoms with E-state index in [-0.39, 0.29) is 0 Å². The molecule has 0 spiro atoms. The molecule has 0 aliphatic carbocycles. The molecule has 0 radical (unpaired) electrons. The average Bonchev–Trinajstić information content (AvgIpc) is 2.94. The summed E-state index contributed by atoms with van der Waals surface area (Å²) in [4.78, 5) is 12.2. The van der Waals surface area contributed by atoms with Crippen molar-refractivity contribution in [2.45, 2.75) is 0 Å². The molecular formula is C14H12N6S. The van der Waals surface area contributed by atoms with Crippen molar-refractivity contribution >= 4 is 28.5 Å². The van der Waals surface area contributed by atoms with Crippen molar-refractivity contribution in [2.75, 3.05) is 11.2 Å². The third-order valence-electron chi connectivity index (χ3n) is 2.68. The van der Waals surface area contributed by atoms with Crippen LogP contribution < -0.4 is 11.2 Å². The Morgan fingerprint density at radius 3 is 2.71 bits per heavy atom. The highest BCUT2D eigenvalue weighted by molar-refractivity contribution is 7.14. The highest BCUT2D eigenvalue weighted by atomic mass is 32.1. The monoisotopic (exact) mass is 296 g/mol. The normalized spacial score (nSPS) is 10.9. The summed E-state index contributed by atoms with van der Waals surface area (Å²) in [7, 11) is 0. The lowest BCUT2D eigenvalue weighted by atomic mass is 10.1. The molecule has 3 aromatic rings. The standard InChI is InChI=1S/C14H12N6S/c15-13-8-21-14(19-13)20-18-7-10-1-3-11(4-2-10)12-5-6-16-9-17-12/h1-9H,15H2,(H,19,20). The number of nitrogens with two attached hydrogens (primary N) is 1. The number of nitrogens with zero attached hydrogens (tertiary/aromatic N) is 4. The largest absolute Gasteiger partial charge is 0.383 e. The molecule has 0 unspecified atom stereocenters. The molecule has 0 bridgehead atoms. The van der Waals surface area contributed by atoms with E-state index < -0.39 is 0 Å². The molecule has 2 aromatic heterocycles. The van der Waals surface area contributed by atoms with Crippen LogP contribution in [-0.2, 0) is 0 Å². The van der Waals surface area contributed by atoms with E-state index in [1.54, 1.807) is 17.8 Å². The molecule has 104 valence electrons. The second kappa shape index (κ2) is 6.10. The summed E-state index contributed by atoms with van der Waals surface area (Å²) < 4.78 is 0. The minimum Gasteiger partial charge on any atom is -0.383 e. The molecule has 0 amide bonds. The number of nitrogen functional groups attached to an aromatic ring is 1. The summed E-state index contributed by atoms with van der Waals surface area (Å²) in [6, 6.07) is 9.80. The fourth-order valence-corrected chi connectivity index (χ4v) is 2.25. The Morgan fingerprint density at radius 1 is 1.19 bits per heavy atom. The van der Waals surface area contributed by atoms with Gasteiger partial charge in [-0.05, 0) is 11.6 Å². The molecule has 3 rings (SSSR count). The number of nitrogens with one attached hydrogen (secondary N) is 1. The highest BCUT2D eigenvalue weighted by Crippen LogP contribution is 2.17. The molecular weight excluding hydrogens is 284 g/mol. The van der Waals surface area contributed by atoms with Crippen molar-refractivity contribution in [3.05, 3.63) is 53.8 Å². The van der Waals surface area contributed by atoms with Gasteiger partial charge in [0.25, 0.3) is 0 Å². The predicted octanol–water partition coefficient (Wildman–Crippen LogP) is 2.63. The van der Waals surface area contributed by atoms with Gasteiger partial charge in [-0.3, -0.25) is 5.43 Å². The number of rotatable bonds is 4. The predicted molar refractivity (Wildman–Crippen MR) is 85.2 cm³/mol. The van der Waals surface area contributed by atoms with Gasteiger partial charge >= 0.3 is 0 Å². The van der Waals surface area contributed by atoms with Crippen LogP contribution in [0.3, 0.4) is 0 Å². The summed E-state index contributed by atoms with van der Waals surface area (Å²) in [5, 5.41) is 6.55. The van der Waals surface area contributed by atoms with Gasteiger partial charge in [-0.15, -0.1) is 11.3 Å². The van der Waals surface area contributed by atoms with Crippen molar-refractivity contribution in [1.82, 2.24) is 15.0 Å². The van der Waals surface area contributed by atoms with Gasteiger partial charge in [0.05, 0.1) is 11.9 Å². The van der Waals surface area contributed by atoms with E-state index >= 15 is 0 Å². The Labute approximate surface area is 125 Å². The number of hydrogen-bond acceptors (Lipinski definition) is 7. The Bertz CT molecular complexity index is 736. The van der Waals surface area contributed by atoms with Crippen LogP contribution in [0.2, 0.25) is 0 Å². The number of anilines is 2. The molecule has 0 aliphatic rings. The third-order valence-corrected chi connectivity index (χ3v) is 3.45. The molecule has 6 nitrogen and oxygen atoms in total. The van der Waals surface area contributed by atoms with Crippen LogP contribution in [0.5, 0.6) is 0 Å². The van der Waals surface area contributed by atoms with E-state index in [0.29, 0.717) is 10.9 Å². The minimum absolute atomic E-state index is 0.493. The first-order valence-electron chi connectivity index (χ1n) is 6.18. The Hall–Kier alpha value is -2.80. The van der Waals surface area contributed by atoms with Gasteiger partial charge < -0.3 is 5.73 Å². The zero-order chi connectivity index (χ0) is 14.5. The van der Waals surface area contributed by atoms with Gasteiger partial charge in [-0.25, -0.2) is 15.0 Å². The SMILES string of the molecule is Nc1csc(NN=Cc2ccc(-c3ccncn3)cc2)n1. The molecule has 0 saturated carbocycles. The number of hydrogen-bond donors (Lipinski definition) is 2. The number of aromatic nitrogens is 3. The Morgan fingerprint density at radius 2 is 2.05 bits per heavy atom. The summed E-state index contributed by atoms with van der Waals surface area (Å²) in [5.74, 6) is 0.493. The van der Waals surface area contributed by atoms with Gasteiger partial charge in [0.15, 0.2) is 0 Å². The second-order valence-corrected chi connectivity index (χ2v) is 5.02. The first-order valence-corrected chi connectivity index (χ1v) is 7.06. The molecule has 0 atom stereocenters. The van der Waals surface area contributed by atoms with E-state index in [1.807, 2.05) is 30.3 Å². The van der Waals surface area contributed by atoms with E-state index in [2.05, 4.69) is 25.5 Å². The average molecular weight is 296 g/mol. The zero-order valence-corrected chi connectivity index (χ0v) is 11.8. The van der Waals surface area contributed by atoms with Crippen molar-refractivity contribution in [1.29, 1.82) is 0 Å². The maximum Gasteiger partial charge on any atom is 0.205 e. The maximum atomic E-state index is 5.53. The number of thiazole rings is 1. The van der Waals surface area contributed by atoms with Gasteiger partial charge in [-0.2, -0.15) is 5.10 Å². The molecule has 0 aliphatic heterocycles. The van der Waals surface area contributed by atoms with Crippen LogP contribution >= 0.6 is 11.3 Å². The van der Waals surface area contributed by atoms with Crippen molar-refractivity contribution in [3.8, 4) is 11.3 Å². The molecule has 0 fully saturated rings. The van der Waals surface area contributed by atoms with E-state index in [0.717, 1.165) is 16.8 Å². The molecule has 7 heteroatoms. The fraction of sp³-hybridized carbons (Fsp3) is 0. The van der Waals surface area contributed by atoms with Crippen LogP contribution in [0, 0.1) is 0 Å². The lowest BCUT2D eigenvalue weighted by Crippen LogP contribution is -1.91. The summed E-state index contributed by atoms with van der Waals surface area (Å²) in [6.45, 7) is 0. The van der Waals surface area contributed by atoms with Crippen LogP contribution in [0.25, 0.3) is 11.3 Å². The number of benzene rings is 1. The molecule has 21 heavy (non-hydrogen) atoms. The second-order valence-electron chi connectivity index (χ2n) is 4.16. The third kappa shape index (κ3) is 3.40. The van der Waals surface area contributed by atoms with Crippen LogP contribution in [0.4, 0.5) is 10.9 Å². The van der Waals surface area contributed by atoms with Crippen LogP contribution in [-0.4, -0.2) is 21.2 Å². The van der Waals surface area contributed by atoms with Crippen molar-refractivity contribution in [2.24, 2.45) is 5.10 Å². The maximum absolute atomic E-state index is 5.53. The Balaban J connectivity index is 1.67. The van der Waals surface area contributed by atoms with Crippen molar-refractivity contribution in [3.63, 3.8) is 0 Å². The number of hydrazone groups is 1. The van der Waals surface area contributed by atoms with Crippen molar-refractivity contribution < 1.29 is 0 Å². The smallest absolute Gasteiger partial charge is 0.205 e. The topological polar surface area (TPSA) is 89.1 Å². The lowest BCUT2D eigenvalue weighted by molar-refractivity contribution is 1.17. The lowest BCUT2D eigenvalue weighted by Gasteiger charge is -2.00. The summed E-state index contributed by atoms with van der Waals surface area (Å²) in [5.41, 5.74) is 11.3. The molecule has 1 aromatic carbocycles. The first kappa shape index (κ1) is 13.2.